The van der Waals surface area contributed by atoms with Crippen molar-refractivity contribution < 1.29 is 14.3 Å². The molecule has 24 heavy (non-hydrogen) atoms. The Bertz CT molecular complexity index is 693. The van der Waals surface area contributed by atoms with Gasteiger partial charge in [0, 0.05) is 0 Å². The van der Waals surface area contributed by atoms with Crippen LogP contribution in [0.15, 0.2) is 36.4 Å². The second-order valence-corrected chi connectivity index (χ2v) is 5.87. The van der Waals surface area contributed by atoms with E-state index in [1.165, 1.54) is 0 Å². The number of hydrogen-bond donors (Lipinski definition) is 1. The second kappa shape index (κ2) is 8.60. The predicted octanol–water partition coefficient (Wildman–Crippen LogP) is 4.76. The lowest BCUT2D eigenvalue weighted by Gasteiger charge is -2.13. The summed E-state index contributed by atoms with van der Waals surface area (Å²) in [5.74, 6) is 1.17. The Balaban J connectivity index is 1.91. The van der Waals surface area contributed by atoms with Crippen LogP contribution in [0.3, 0.4) is 0 Å². The van der Waals surface area contributed by atoms with E-state index in [-0.39, 0.29) is 18.9 Å². The SMILES string of the molecule is CCOc1ccccc1OCCC(=O)Nc1c(C)cc(C)cc1Cl. The van der Waals surface area contributed by atoms with Crippen LogP contribution < -0.4 is 14.8 Å². The number of aryl methyl sites for hydroxylation is 2. The number of amides is 1. The molecule has 128 valence electrons. The molecule has 0 aliphatic heterocycles. The molecule has 4 nitrogen and oxygen atoms in total. The average Bonchev–Trinajstić information content (AvgIpc) is 2.53. The number of nitrogens with one attached hydrogen (secondary N) is 1. The van der Waals surface area contributed by atoms with Crippen molar-refractivity contribution in [3.63, 3.8) is 0 Å². The van der Waals surface area contributed by atoms with Gasteiger partial charge in [-0.2, -0.15) is 0 Å². The zero-order valence-electron chi connectivity index (χ0n) is 14.2. The highest BCUT2D eigenvalue weighted by molar-refractivity contribution is 6.34. The molecular formula is C19H22ClNO3. The number of ether oxygens (including phenoxy) is 2. The first kappa shape index (κ1) is 18.1. The van der Waals surface area contributed by atoms with Crippen molar-refractivity contribution in [1.82, 2.24) is 0 Å². The monoisotopic (exact) mass is 347 g/mol. The van der Waals surface area contributed by atoms with Crippen LogP contribution in [0.1, 0.15) is 24.5 Å². The molecule has 0 bridgehead atoms. The number of rotatable bonds is 7. The van der Waals surface area contributed by atoms with Crippen molar-refractivity contribution in [2.45, 2.75) is 27.2 Å². The fourth-order valence-electron chi connectivity index (χ4n) is 2.37. The summed E-state index contributed by atoms with van der Waals surface area (Å²) in [6.45, 7) is 6.62. The van der Waals surface area contributed by atoms with Crippen LogP contribution >= 0.6 is 11.6 Å². The number of carbonyl (C=O) groups is 1. The van der Waals surface area contributed by atoms with E-state index in [0.29, 0.717) is 28.8 Å². The van der Waals surface area contributed by atoms with Crippen molar-refractivity contribution in [3.8, 4) is 11.5 Å². The molecule has 1 N–H and O–H groups in total. The molecule has 0 saturated heterocycles. The highest BCUT2D eigenvalue weighted by Gasteiger charge is 2.10. The molecule has 0 saturated carbocycles. The first-order valence-electron chi connectivity index (χ1n) is 7.92. The van der Waals surface area contributed by atoms with Crippen molar-refractivity contribution in [1.29, 1.82) is 0 Å². The molecule has 0 aliphatic rings. The Hall–Kier alpha value is -2.20. The van der Waals surface area contributed by atoms with Gasteiger partial charge in [0.25, 0.3) is 0 Å². The average molecular weight is 348 g/mol. The molecule has 0 spiro atoms. The van der Waals surface area contributed by atoms with Crippen LogP contribution in [0, 0.1) is 13.8 Å². The summed E-state index contributed by atoms with van der Waals surface area (Å²) in [6, 6.07) is 11.2. The molecule has 0 heterocycles. The minimum absolute atomic E-state index is 0.141. The molecular weight excluding hydrogens is 326 g/mol. The minimum Gasteiger partial charge on any atom is -0.490 e. The lowest BCUT2D eigenvalue weighted by molar-refractivity contribution is -0.116. The normalized spacial score (nSPS) is 10.3. The third kappa shape index (κ3) is 4.90. The van der Waals surface area contributed by atoms with E-state index in [9.17, 15) is 4.79 Å². The first-order valence-corrected chi connectivity index (χ1v) is 8.30. The van der Waals surface area contributed by atoms with Crippen molar-refractivity contribution in [3.05, 3.63) is 52.5 Å². The van der Waals surface area contributed by atoms with Crippen LogP contribution in [0.5, 0.6) is 11.5 Å². The van der Waals surface area contributed by atoms with Gasteiger partial charge in [-0.1, -0.05) is 29.8 Å². The maximum atomic E-state index is 12.1. The zero-order chi connectivity index (χ0) is 17.5. The molecule has 0 unspecified atom stereocenters. The fraction of sp³-hybridized carbons (Fsp3) is 0.316. The van der Waals surface area contributed by atoms with Gasteiger partial charge in [0.2, 0.25) is 5.91 Å². The zero-order valence-corrected chi connectivity index (χ0v) is 14.9. The fourth-order valence-corrected chi connectivity index (χ4v) is 2.74. The Morgan fingerprint density at radius 3 is 2.42 bits per heavy atom. The number of benzene rings is 2. The van der Waals surface area contributed by atoms with Gasteiger partial charge in [0.1, 0.15) is 0 Å². The Morgan fingerprint density at radius 2 is 1.79 bits per heavy atom. The van der Waals surface area contributed by atoms with Gasteiger partial charge >= 0.3 is 0 Å². The Morgan fingerprint density at radius 1 is 1.12 bits per heavy atom. The van der Waals surface area contributed by atoms with Gasteiger partial charge in [-0.15, -0.1) is 0 Å². The lowest BCUT2D eigenvalue weighted by atomic mass is 10.1. The van der Waals surface area contributed by atoms with Crippen molar-refractivity contribution in [2.24, 2.45) is 0 Å². The Kier molecular flexibility index (Phi) is 6.50. The number of carbonyl (C=O) groups excluding carboxylic acids is 1. The molecule has 0 aliphatic carbocycles. The van der Waals surface area contributed by atoms with Crippen LogP contribution in [-0.4, -0.2) is 19.1 Å². The van der Waals surface area contributed by atoms with Gasteiger partial charge in [0.15, 0.2) is 11.5 Å². The van der Waals surface area contributed by atoms with E-state index in [2.05, 4.69) is 5.32 Å². The lowest BCUT2D eigenvalue weighted by Crippen LogP contribution is -2.16. The third-order valence-corrected chi connectivity index (χ3v) is 3.73. The van der Waals surface area contributed by atoms with E-state index < -0.39 is 0 Å². The molecule has 2 aromatic rings. The quantitative estimate of drug-likeness (QED) is 0.785. The minimum atomic E-state index is -0.141. The van der Waals surface area contributed by atoms with Crippen LogP contribution in [0.2, 0.25) is 5.02 Å². The summed E-state index contributed by atoms with van der Waals surface area (Å²) < 4.78 is 11.1. The molecule has 1 amide bonds. The van der Waals surface area contributed by atoms with E-state index in [4.69, 9.17) is 21.1 Å². The maximum absolute atomic E-state index is 12.1. The predicted molar refractivity (Wildman–Crippen MR) is 97.3 cm³/mol. The van der Waals surface area contributed by atoms with E-state index in [0.717, 1.165) is 11.1 Å². The van der Waals surface area contributed by atoms with E-state index >= 15 is 0 Å². The number of halogens is 1. The molecule has 2 aromatic carbocycles. The topological polar surface area (TPSA) is 47.6 Å². The van der Waals surface area contributed by atoms with Crippen LogP contribution in [0.4, 0.5) is 5.69 Å². The molecule has 5 heteroatoms. The molecule has 0 atom stereocenters. The standard InChI is InChI=1S/C19H22ClNO3/c1-4-23-16-7-5-6-8-17(16)24-10-9-18(22)21-19-14(3)11-13(2)12-15(19)20/h5-8,11-12H,4,9-10H2,1-3H3,(H,21,22). The number of anilines is 1. The smallest absolute Gasteiger partial charge is 0.227 e. The summed E-state index contributed by atoms with van der Waals surface area (Å²) in [6.07, 6.45) is 0.226. The third-order valence-electron chi connectivity index (χ3n) is 3.43. The number of para-hydroxylation sites is 2. The van der Waals surface area contributed by atoms with Gasteiger partial charge in [-0.25, -0.2) is 0 Å². The summed E-state index contributed by atoms with van der Waals surface area (Å²) in [5, 5.41) is 3.39. The van der Waals surface area contributed by atoms with Gasteiger partial charge in [-0.05, 0) is 50.1 Å². The van der Waals surface area contributed by atoms with E-state index in [1.54, 1.807) is 0 Å². The van der Waals surface area contributed by atoms with E-state index in [1.807, 2.05) is 57.2 Å². The van der Waals surface area contributed by atoms with Crippen molar-refractivity contribution >= 4 is 23.2 Å². The molecule has 2 rings (SSSR count). The van der Waals surface area contributed by atoms with Crippen LogP contribution in [0.25, 0.3) is 0 Å². The Labute approximate surface area is 147 Å². The van der Waals surface area contributed by atoms with Crippen LogP contribution in [-0.2, 0) is 4.79 Å². The summed E-state index contributed by atoms with van der Waals surface area (Å²) >= 11 is 6.20. The molecule has 0 radical (unpaired) electrons. The summed E-state index contributed by atoms with van der Waals surface area (Å²) in [5.41, 5.74) is 2.66. The molecule has 0 aromatic heterocycles. The largest absolute Gasteiger partial charge is 0.490 e. The highest BCUT2D eigenvalue weighted by Crippen LogP contribution is 2.28. The van der Waals surface area contributed by atoms with Gasteiger partial charge in [0.05, 0.1) is 30.3 Å². The second-order valence-electron chi connectivity index (χ2n) is 5.47. The summed E-state index contributed by atoms with van der Waals surface area (Å²) in [7, 11) is 0. The highest BCUT2D eigenvalue weighted by atomic mass is 35.5. The summed E-state index contributed by atoms with van der Waals surface area (Å²) in [4.78, 5) is 12.1. The maximum Gasteiger partial charge on any atom is 0.227 e. The molecule has 0 fully saturated rings. The number of hydrogen-bond acceptors (Lipinski definition) is 3. The van der Waals surface area contributed by atoms with Gasteiger partial charge < -0.3 is 14.8 Å². The van der Waals surface area contributed by atoms with Gasteiger partial charge in [-0.3, -0.25) is 4.79 Å². The van der Waals surface area contributed by atoms with Crippen molar-refractivity contribution in [2.75, 3.05) is 18.5 Å². The first-order chi connectivity index (χ1) is 11.5.